The zero-order valence-corrected chi connectivity index (χ0v) is 20.9. The highest BCUT2D eigenvalue weighted by atomic mass is 16.2. The second-order valence-corrected chi connectivity index (χ2v) is 10.4. The average Bonchev–Trinajstić information content (AvgIpc) is 3.42. The first kappa shape index (κ1) is 23.4. The number of carbonyl (C=O) groups is 1. The molecule has 0 atom stereocenters. The third-order valence-electron chi connectivity index (χ3n) is 7.60. The summed E-state index contributed by atoms with van der Waals surface area (Å²) < 4.78 is 2.35. The van der Waals surface area contributed by atoms with E-state index < -0.39 is 0 Å². The second-order valence-electron chi connectivity index (χ2n) is 10.4. The number of hydrogen-bond donors (Lipinski definition) is 1. The molecule has 1 saturated carbocycles. The molecule has 33 heavy (non-hydrogen) atoms. The number of aromatic nitrogens is 1. The van der Waals surface area contributed by atoms with E-state index in [1.165, 1.54) is 40.4 Å². The standard InChI is InChI=1S/C29H39N3O/c1-6-31-18-25(24-12-7-8-15-26(24)31)29(16-9-10-17-29)19-32(28(30)33)27-22(20(2)3)13-11-14-23(27)21(4)5/h7-8,11-15,18,20-21H,6,9-10,16-17,19H2,1-5H3,(H2,30,33). The van der Waals surface area contributed by atoms with Crippen molar-refractivity contribution in [1.29, 1.82) is 0 Å². The Morgan fingerprint density at radius 3 is 2.15 bits per heavy atom. The Morgan fingerprint density at radius 1 is 1.00 bits per heavy atom. The maximum Gasteiger partial charge on any atom is 0.319 e. The zero-order valence-electron chi connectivity index (χ0n) is 20.9. The number of benzene rings is 2. The summed E-state index contributed by atoms with van der Waals surface area (Å²) in [4.78, 5) is 15.0. The summed E-state index contributed by atoms with van der Waals surface area (Å²) in [6.45, 7) is 12.5. The number of nitrogens with two attached hydrogens (primary N) is 1. The van der Waals surface area contributed by atoms with Crippen molar-refractivity contribution in [1.82, 2.24) is 4.57 Å². The topological polar surface area (TPSA) is 51.3 Å². The summed E-state index contributed by atoms with van der Waals surface area (Å²) >= 11 is 0. The molecule has 0 radical (unpaired) electrons. The molecule has 0 saturated heterocycles. The van der Waals surface area contributed by atoms with Crippen molar-refractivity contribution in [2.45, 2.75) is 84.1 Å². The van der Waals surface area contributed by atoms with Crippen LogP contribution in [0.2, 0.25) is 0 Å². The van der Waals surface area contributed by atoms with Crippen molar-refractivity contribution in [2.24, 2.45) is 5.73 Å². The maximum absolute atomic E-state index is 13.1. The van der Waals surface area contributed by atoms with Crippen LogP contribution in [0.1, 0.15) is 88.8 Å². The van der Waals surface area contributed by atoms with E-state index in [-0.39, 0.29) is 11.4 Å². The number of anilines is 1. The minimum atomic E-state index is -0.351. The molecule has 2 N–H and O–H groups in total. The van der Waals surface area contributed by atoms with Gasteiger partial charge in [0.1, 0.15) is 0 Å². The van der Waals surface area contributed by atoms with Crippen LogP contribution in [0.3, 0.4) is 0 Å². The summed E-state index contributed by atoms with van der Waals surface area (Å²) in [5.41, 5.74) is 12.1. The van der Waals surface area contributed by atoms with Crippen LogP contribution >= 0.6 is 0 Å². The van der Waals surface area contributed by atoms with Gasteiger partial charge in [0.2, 0.25) is 0 Å². The number of carbonyl (C=O) groups excluding carboxylic acids is 1. The normalized spacial score (nSPS) is 15.6. The lowest BCUT2D eigenvalue weighted by Crippen LogP contribution is -2.46. The molecule has 1 aliphatic rings. The van der Waals surface area contributed by atoms with E-state index in [4.69, 9.17) is 5.73 Å². The Bertz CT molecular complexity index is 1110. The third-order valence-corrected chi connectivity index (χ3v) is 7.60. The smallest absolute Gasteiger partial charge is 0.319 e. The van der Waals surface area contributed by atoms with Crippen LogP contribution in [0.5, 0.6) is 0 Å². The molecule has 176 valence electrons. The van der Waals surface area contributed by atoms with Gasteiger partial charge in [-0.2, -0.15) is 0 Å². The van der Waals surface area contributed by atoms with Gasteiger partial charge in [0, 0.05) is 35.6 Å². The number of rotatable bonds is 7. The lowest BCUT2D eigenvalue weighted by molar-refractivity contribution is 0.251. The maximum atomic E-state index is 13.1. The van der Waals surface area contributed by atoms with Crippen molar-refractivity contribution in [2.75, 3.05) is 11.4 Å². The fourth-order valence-corrected chi connectivity index (χ4v) is 5.89. The molecule has 0 spiro atoms. The summed E-state index contributed by atoms with van der Waals surface area (Å²) in [6, 6.07) is 14.8. The van der Waals surface area contributed by atoms with Crippen molar-refractivity contribution in [3.8, 4) is 0 Å². The summed E-state index contributed by atoms with van der Waals surface area (Å²) in [6.07, 6.45) is 6.86. The molecule has 1 heterocycles. The summed E-state index contributed by atoms with van der Waals surface area (Å²) in [7, 11) is 0. The van der Waals surface area contributed by atoms with E-state index in [2.05, 4.69) is 87.8 Å². The molecule has 1 aliphatic carbocycles. The van der Waals surface area contributed by atoms with Crippen molar-refractivity contribution in [3.05, 3.63) is 65.4 Å². The molecule has 3 aromatic rings. The molecule has 4 rings (SSSR count). The number of amides is 2. The Labute approximate surface area is 198 Å². The van der Waals surface area contributed by atoms with Gasteiger partial charge in [-0.1, -0.05) is 76.9 Å². The molecular formula is C29H39N3O. The monoisotopic (exact) mass is 445 g/mol. The number of primary amides is 1. The number of nitrogens with zero attached hydrogens (tertiary/aromatic N) is 2. The Hall–Kier alpha value is -2.75. The molecule has 2 amide bonds. The molecule has 0 unspecified atom stereocenters. The highest BCUT2D eigenvalue weighted by Gasteiger charge is 2.41. The number of urea groups is 1. The van der Waals surface area contributed by atoms with Crippen molar-refractivity contribution < 1.29 is 4.79 Å². The van der Waals surface area contributed by atoms with E-state index in [1.807, 2.05) is 4.90 Å². The van der Waals surface area contributed by atoms with E-state index in [0.717, 1.165) is 25.1 Å². The van der Waals surface area contributed by atoms with Gasteiger partial charge in [-0.25, -0.2) is 4.79 Å². The van der Waals surface area contributed by atoms with Crippen LogP contribution in [-0.4, -0.2) is 17.1 Å². The lowest BCUT2D eigenvalue weighted by Gasteiger charge is -2.37. The molecule has 1 fully saturated rings. The van der Waals surface area contributed by atoms with Crippen molar-refractivity contribution in [3.63, 3.8) is 0 Å². The largest absolute Gasteiger partial charge is 0.351 e. The highest BCUT2D eigenvalue weighted by molar-refractivity contribution is 5.94. The van der Waals surface area contributed by atoms with Crippen LogP contribution in [0.4, 0.5) is 10.5 Å². The van der Waals surface area contributed by atoms with Crippen LogP contribution in [0.15, 0.2) is 48.7 Å². The van der Waals surface area contributed by atoms with Gasteiger partial charge >= 0.3 is 6.03 Å². The number of fused-ring (bicyclic) bond motifs is 1. The molecule has 0 bridgehead atoms. The lowest BCUT2D eigenvalue weighted by atomic mass is 9.77. The minimum Gasteiger partial charge on any atom is -0.351 e. The first-order valence-electron chi connectivity index (χ1n) is 12.6. The summed E-state index contributed by atoms with van der Waals surface area (Å²) in [5, 5.41) is 1.31. The zero-order chi connectivity index (χ0) is 23.8. The number of hydrogen-bond acceptors (Lipinski definition) is 1. The van der Waals surface area contributed by atoms with Gasteiger partial charge < -0.3 is 10.3 Å². The third kappa shape index (κ3) is 4.16. The van der Waals surface area contributed by atoms with E-state index >= 15 is 0 Å². The van der Waals surface area contributed by atoms with E-state index in [0.29, 0.717) is 18.4 Å². The first-order chi connectivity index (χ1) is 15.8. The molecule has 1 aromatic heterocycles. The Kier molecular flexibility index (Phi) is 6.56. The molecule has 4 nitrogen and oxygen atoms in total. The highest BCUT2D eigenvalue weighted by Crippen LogP contribution is 2.47. The Morgan fingerprint density at radius 2 is 1.61 bits per heavy atom. The van der Waals surface area contributed by atoms with Crippen LogP contribution in [0.25, 0.3) is 10.9 Å². The average molecular weight is 446 g/mol. The van der Waals surface area contributed by atoms with Crippen molar-refractivity contribution >= 4 is 22.6 Å². The van der Waals surface area contributed by atoms with Gasteiger partial charge in [-0.15, -0.1) is 0 Å². The molecule has 4 heteroatoms. The quantitative estimate of drug-likeness (QED) is 0.407. The van der Waals surface area contributed by atoms with Gasteiger partial charge in [0.25, 0.3) is 0 Å². The van der Waals surface area contributed by atoms with E-state index in [1.54, 1.807) is 0 Å². The SMILES string of the molecule is CCn1cc(C2(CN(C(N)=O)c3c(C(C)C)cccc3C(C)C)CCCC2)c2ccccc21. The Balaban J connectivity index is 1.89. The minimum absolute atomic E-state index is 0.0899. The number of aryl methyl sites for hydroxylation is 1. The molecular weight excluding hydrogens is 406 g/mol. The fraction of sp³-hybridized carbons (Fsp3) is 0.483. The van der Waals surface area contributed by atoms with Crippen LogP contribution in [0, 0.1) is 0 Å². The number of para-hydroxylation sites is 2. The predicted molar refractivity (Wildman–Crippen MR) is 139 cm³/mol. The van der Waals surface area contributed by atoms with Gasteiger partial charge in [-0.05, 0) is 54.4 Å². The van der Waals surface area contributed by atoms with Gasteiger partial charge in [0.05, 0.1) is 5.69 Å². The van der Waals surface area contributed by atoms with Crippen LogP contribution in [-0.2, 0) is 12.0 Å². The predicted octanol–water partition coefficient (Wildman–Crippen LogP) is 7.31. The summed E-state index contributed by atoms with van der Waals surface area (Å²) in [5.74, 6) is 0.615. The van der Waals surface area contributed by atoms with Gasteiger partial charge in [-0.3, -0.25) is 4.90 Å². The second kappa shape index (κ2) is 9.24. The molecule has 2 aromatic carbocycles. The molecule has 0 aliphatic heterocycles. The first-order valence-corrected chi connectivity index (χ1v) is 12.6. The van der Waals surface area contributed by atoms with E-state index in [9.17, 15) is 4.79 Å². The van der Waals surface area contributed by atoms with Gasteiger partial charge in [0.15, 0.2) is 0 Å². The van der Waals surface area contributed by atoms with Crippen LogP contribution < -0.4 is 10.6 Å². The fourth-order valence-electron chi connectivity index (χ4n) is 5.89.